The zero-order chi connectivity index (χ0) is 20.5. The summed E-state index contributed by atoms with van der Waals surface area (Å²) in [6.45, 7) is 2.23. The Morgan fingerprint density at radius 2 is 1.96 bits per heavy atom. The topological polar surface area (TPSA) is 66.9 Å². The molecular formula is C20H23FN2O4S. The minimum atomic E-state index is -3.54. The molecule has 0 N–H and O–H groups in total. The van der Waals surface area contributed by atoms with E-state index in [1.54, 1.807) is 36.1 Å². The lowest BCUT2D eigenvalue weighted by molar-refractivity contribution is -0.125. The van der Waals surface area contributed by atoms with E-state index in [0.717, 1.165) is 9.87 Å². The van der Waals surface area contributed by atoms with Crippen molar-refractivity contribution in [2.24, 2.45) is 0 Å². The standard InChI is InChI=1S/C20H23FN2O4S/c1-4-18(27-19-8-6-5-7-16(19)21)20(24)23-12-11-14-13-15(9-10-17(14)23)28(25,26)22(2)3/h5-10,13,18H,4,11-12H2,1-3H3. The molecule has 1 atom stereocenters. The highest BCUT2D eigenvalue weighted by atomic mass is 32.2. The van der Waals surface area contributed by atoms with Crippen LogP contribution in [0.25, 0.3) is 0 Å². The number of amides is 1. The molecule has 1 aliphatic heterocycles. The van der Waals surface area contributed by atoms with Crippen molar-refractivity contribution in [3.63, 3.8) is 0 Å². The Labute approximate surface area is 164 Å². The van der Waals surface area contributed by atoms with Crippen LogP contribution in [0.5, 0.6) is 5.75 Å². The van der Waals surface area contributed by atoms with Crippen molar-refractivity contribution >= 4 is 21.6 Å². The maximum absolute atomic E-state index is 13.9. The summed E-state index contributed by atoms with van der Waals surface area (Å²) in [6.07, 6.45) is 0.105. The predicted molar refractivity (Wildman–Crippen MR) is 104 cm³/mol. The first-order chi connectivity index (χ1) is 13.3. The van der Waals surface area contributed by atoms with Gasteiger partial charge in [-0.1, -0.05) is 19.1 Å². The van der Waals surface area contributed by atoms with Crippen LogP contribution in [0.1, 0.15) is 18.9 Å². The average molecular weight is 406 g/mol. The van der Waals surface area contributed by atoms with Crippen molar-refractivity contribution in [2.45, 2.75) is 30.8 Å². The summed E-state index contributed by atoms with van der Waals surface area (Å²) < 4.78 is 45.3. The Morgan fingerprint density at radius 1 is 1.25 bits per heavy atom. The summed E-state index contributed by atoms with van der Waals surface area (Å²) >= 11 is 0. The van der Waals surface area contributed by atoms with Crippen LogP contribution < -0.4 is 9.64 Å². The molecule has 0 saturated heterocycles. The zero-order valence-corrected chi connectivity index (χ0v) is 16.9. The van der Waals surface area contributed by atoms with Crippen LogP contribution >= 0.6 is 0 Å². The van der Waals surface area contributed by atoms with Gasteiger partial charge in [-0.05, 0) is 48.7 Å². The number of fused-ring (bicyclic) bond motifs is 1. The van der Waals surface area contributed by atoms with Crippen LogP contribution in [0.15, 0.2) is 47.4 Å². The van der Waals surface area contributed by atoms with Gasteiger partial charge < -0.3 is 9.64 Å². The fraction of sp³-hybridized carbons (Fsp3) is 0.350. The van der Waals surface area contributed by atoms with Crippen LogP contribution in [0.4, 0.5) is 10.1 Å². The van der Waals surface area contributed by atoms with E-state index < -0.39 is 21.9 Å². The highest BCUT2D eigenvalue weighted by molar-refractivity contribution is 7.89. The van der Waals surface area contributed by atoms with Gasteiger partial charge in [0.15, 0.2) is 17.7 Å². The molecular weight excluding hydrogens is 383 g/mol. The number of anilines is 1. The monoisotopic (exact) mass is 406 g/mol. The molecule has 1 amide bonds. The average Bonchev–Trinajstić information content (AvgIpc) is 3.10. The van der Waals surface area contributed by atoms with Gasteiger partial charge in [0.05, 0.1) is 4.90 Å². The summed E-state index contributed by atoms with van der Waals surface area (Å²) in [5.41, 5.74) is 1.45. The predicted octanol–water partition coefficient (Wildman–Crippen LogP) is 2.82. The van der Waals surface area contributed by atoms with Crippen LogP contribution in [-0.2, 0) is 21.2 Å². The lowest BCUT2D eigenvalue weighted by Crippen LogP contribution is -2.41. The van der Waals surface area contributed by atoms with Gasteiger partial charge in [0.2, 0.25) is 10.0 Å². The van der Waals surface area contributed by atoms with Gasteiger partial charge in [-0.3, -0.25) is 4.79 Å². The van der Waals surface area contributed by atoms with E-state index in [-0.39, 0.29) is 16.6 Å². The van der Waals surface area contributed by atoms with Crippen molar-refractivity contribution < 1.29 is 22.3 Å². The normalized spacial score (nSPS) is 14.8. The lowest BCUT2D eigenvalue weighted by Gasteiger charge is -2.24. The van der Waals surface area contributed by atoms with Gasteiger partial charge in [-0.25, -0.2) is 17.1 Å². The summed E-state index contributed by atoms with van der Waals surface area (Å²) in [4.78, 5) is 14.8. The first-order valence-corrected chi connectivity index (χ1v) is 10.5. The minimum absolute atomic E-state index is 0.0366. The van der Waals surface area contributed by atoms with Gasteiger partial charge in [0.1, 0.15) is 0 Å². The molecule has 3 rings (SSSR count). The number of ether oxygens (including phenoxy) is 1. The Hall–Kier alpha value is -2.45. The maximum Gasteiger partial charge on any atom is 0.268 e. The summed E-state index contributed by atoms with van der Waals surface area (Å²) in [5.74, 6) is -0.753. The number of carbonyl (C=O) groups excluding carboxylic acids is 1. The molecule has 0 aliphatic carbocycles. The highest BCUT2D eigenvalue weighted by Gasteiger charge is 2.32. The van der Waals surface area contributed by atoms with Gasteiger partial charge in [-0.2, -0.15) is 0 Å². The molecule has 2 aromatic carbocycles. The first kappa shape index (κ1) is 20.3. The van der Waals surface area contributed by atoms with Crippen molar-refractivity contribution in [3.05, 3.63) is 53.8 Å². The minimum Gasteiger partial charge on any atom is -0.478 e. The molecule has 2 aromatic rings. The van der Waals surface area contributed by atoms with Crippen LogP contribution in [0.3, 0.4) is 0 Å². The molecule has 0 aromatic heterocycles. The Balaban J connectivity index is 1.84. The van der Waals surface area contributed by atoms with E-state index in [4.69, 9.17) is 4.74 Å². The van der Waals surface area contributed by atoms with Gasteiger partial charge >= 0.3 is 0 Å². The fourth-order valence-electron chi connectivity index (χ4n) is 3.15. The number of rotatable bonds is 6. The summed E-state index contributed by atoms with van der Waals surface area (Å²) in [5, 5.41) is 0. The van der Waals surface area contributed by atoms with E-state index >= 15 is 0 Å². The third-order valence-corrected chi connectivity index (χ3v) is 6.55. The van der Waals surface area contributed by atoms with Gasteiger partial charge in [0.25, 0.3) is 5.91 Å². The molecule has 8 heteroatoms. The second-order valence-corrected chi connectivity index (χ2v) is 8.91. The van der Waals surface area contributed by atoms with Crippen LogP contribution in [0, 0.1) is 5.82 Å². The number of benzene rings is 2. The molecule has 1 aliphatic rings. The number of halogens is 1. The van der Waals surface area contributed by atoms with Gasteiger partial charge in [-0.15, -0.1) is 0 Å². The summed E-state index contributed by atoms with van der Waals surface area (Å²) in [7, 11) is -0.586. The van der Waals surface area contributed by atoms with E-state index in [0.29, 0.717) is 25.1 Å². The van der Waals surface area contributed by atoms with Crippen molar-refractivity contribution in [1.82, 2.24) is 4.31 Å². The first-order valence-electron chi connectivity index (χ1n) is 9.03. The van der Waals surface area contributed by atoms with Crippen molar-refractivity contribution in [2.75, 3.05) is 25.5 Å². The number of nitrogens with zero attached hydrogens (tertiary/aromatic N) is 2. The van der Waals surface area contributed by atoms with E-state index in [2.05, 4.69) is 0 Å². The molecule has 0 fully saturated rings. The number of carbonyl (C=O) groups is 1. The number of hydrogen-bond donors (Lipinski definition) is 0. The van der Waals surface area contributed by atoms with Crippen molar-refractivity contribution in [1.29, 1.82) is 0 Å². The fourth-order valence-corrected chi connectivity index (χ4v) is 4.11. The molecule has 0 spiro atoms. The zero-order valence-electron chi connectivity index (χ0n) is 16.1. The van der Waals surface area contributed by atoms with Crippen LogP contribution in [0.2, 0.25) is 0 Å². The molecule has 28 heavy (non-hydrogen) atoms. The van der Waals surface area contributed by atoms with Crippen molar-refractivity contribution in [3.8, 4) is 5.75 Å². The number of hydrogen-bond acceptors (Lipinski definition) is 4. The Bertz CT molecular complexity index is 991. The molecule has 1 heterocycles. The van der Waals surface area contributed by atoms with E-state index in [1.807, 2.05) is 0 Å². The second kappa shape index (κ2) is 7.89. The molecule has 0 radical (unpaired) electrons. The maximum atomic E-state index is 13.9. The number of sulfonamides is 1. The van der Waals surface area contributed by atoms with Gasteiger partial charge in [0, 0.05) is 26.3 Å². The molecule has 0 saturated carbocycles. The second-order valence-electron chi connectivity index (χ2n) is 6.76. The van der Waals surface area contributed by atoms with Crippen LogP contribution in [-0.4, -0.2) is 45.4 Å². The Kier molecular flexibility index (Phi) is 5.71. The third-order valence-electron chi connectivity index (χ3n) is 4.74. The van der Waals surface area contributed by atoms with E-state index in [1.165, 1.54) is 32.3 Å². The quantitative estimate of drug-likeness (QED) is 0.740. The lowest BCUT2D eigenvalue weighted by atomic mass is 10.1. The SMILES string of the molecule is CCC(Oc1ccccc1F)C(=O)N1CCc2cc(S(=O)(=O)N(C)C)ccc21. The molecule has 150 valence electrons. The molecule has 0 bridgehead atoms. The Morgan fingerprint density at radius 3 is 2.61 bits per heavy atom. The largest absolute Gasteiger partial charge is 0.478 e. The third kappa shape index (κ3) is 3.74. The molecule has 1 unspecified atom stereocenters. The smallest absolute Gasteiger partial charge is 0.268 e. The molecule has 6 nitrogen and oxygen atoms in total. The number of para-hydroxylation sites is 1. The highest BCUT2D eigenvalue weighted by Crippen LogP contribution is 2.32. The summed E-state index contributed by atoms with van der Waals surface area (Å²) in [6, 6.07) is 10.7. The van der Waals surface area contributed by atoms with E-state index in [9.17, 15) is 17.6 Å².